The summed E-state index contributed by atoms with van der Waals surface area (Å²) in [4.78, 5) is 12.0. The Balaban J connectivity index is 2.39. The molecule has 18 heavy (non-hydrogen) atoms. The first-order valence-corrected chi connectivity index (χ1v) is 8.11. The third-order valence-electron chi connectivity index (χ3n) is 2.67. The lowest BCUT2D eigenvalue weighted by Gasteiger charge is -2.08. The zero-order chi connectivity index (χ0) is 13.5. The molecule has 0 saturated carbocycles. The Hall–Kier alpha value is -0.100. The van der Waals surface area contributed by atoms with Gasteiger partial charge in [-0.15, -0.1) is 0 Å². The predicted molar refractivity (Wildman–Crippen MR) is 87.9 cm³/mol. The minimum atomic E-state index is 0.0187. The van der Waals surface area contributed by atoms with Crippen molar-refractivity contribution in [3.8, 4) is 0 Å². The van der Waals surface area contributed by atoms with Gasteiger partial charge in [0.05, 0.1) is 5.56 Å². The molecule has 0 bridgehead atoms. The predicted octanol–water partition coefficient (Wildman–Crippen LogP) is 4.61. The molecule has 0 aromatic heterocycles. The van der Waals surface area contributed by atoms with Crippen LogP contribution in [0.5, 0.6) is 0 Å². The highest BCUT2D eigenvalue weighted by Crippen LogP contribution is 2.18. The second kappa shape index (κ2) is 8.15. The van der Waals surface area contributed by atoms with Gasteiger partial charge in [-0.1, -0.05) is 42.6 Å². The van der Waals surface area contributed by atoms with Crippen LogP contribution in [0.1, 0.15) is 43.5 Å². The molecule has 0 aliphatic carbocycles. The SMILES string of the molecule is CC(C)CCCCNC(=O)c1cc(Br)ccc1I. The van der Waals surface area contributed by atoms with Crippen molar-refractivity contribution >= 4 is 44.4 Å². The van der Waals surface area contributed by atoms with Gasteiger partial charge in [0, 0.05) is 14.6 Å². The van der Waals surface area contributed by atoms with Gasteiger partial charge in [0.25, 0.3) is 5.91 Å². The highest BCUT2D eigenvalue weighted by molar-refractivity contribution is 14.1. The van der Waals surface area contributed by atoms with Gasteiger partial charge in [-0.05, 0) is 53.1 Å². The van der Waals surface area contributed by atoms with E-state index in [4.69, 9.17) is 0 Å². The molecule has 1 N–H and O–H groups in total. The van der Waals surface area contributed by atoms with Gasteiger partial charge in [0.1, 0.15) is 0 Å². The molecule has 0 aliphatic rings. The zero-order valence-electron chi connectivity index (χ0n) is 10.8. The lowest BCUT2D eigenvalue weighted by Crippen LogP contribution is -2.25. The van der Waals surface area contributed by atoms with E-state index in [2.05, 4.69) is 57.7 Å². The van der Waals surface area contributed by atoms with Crippen LogP contribution in [0.3, 0.4) is 0 Å². The first kappa shape index (κ1) is 16.0. The van der Waals surface area contributed by atoms with Crippen molar-refractivity contribution in [2.24, 2.45) is 5.92 Å². The Bertz CT molecular complexity index is 407. The molecule has 0 atom stereocenters. The van der Waals surface area contributed by atoms with Crippen LogP contribution in [0, 0.1) is 9.49 Å². The van der Waals surface area contributed by atoms with Crippen LogP contribution in [-0.2, 0) is 0 Å². The Morgan fingerprint density at radius 1 is 1.39 bits per heavy atom. The summed E-state index contributed by atoms with van der Waals surface area (Å²) in [7, 11) is 0. The van der Waals surface area contributed by atoms with Crippen molar-refractivity contribution in [2.75, 3.05) is 6.54 Å². The van der Waals surface area contributed by atoms with Gasteiger partial charge in [-0.2, -0.15) is 0 Å². The van der Waals surface area contributed by atoms with Gasteiger partial charge < -0.3 is 5.32 Å². The molecule has 1 rings (SSSR count). The number of hydrogen-bond acceptors (Lipinski definition) is 1. The summed E-state index contributed by atoms with van der Waals surface area (Å²) < 4.78 is 1.92. The molecule has 1 aromatic carbocycles. The number of benzene rings is 1. The van der Waals surface area contributed by atoms with Crippen molar-refractivity contribution < 1.29 is 4.79 Å². The van der Waals surface area contributed by atoms with Crippen molar-refractivity contribution in [1.82, 2.24) is 5.32 Å². The highest BCUT2D eigenvalue weighted by atomic mass is 127. The fourth-order valence-electron chi connectivity index (χ4n) is 1.65. The monoisotopic (exact) mass is 423 g/mol. The minimum Gasteiger partial charge on any atom is -0.352 e. The van der Waals surface area contributed by atoms with Gasteiger partial charge in [0.15, 0.2) is 0 Å². The third kappa shape index (κ3) is 5.69. The summed E-state index contributed by atoms with van der Waals surface area (Å²) in [5.74, 6) is 0.761. The first-order valence-electron chi connectivity index (χ1n) is 6.24. The van der Waals surface area contributed by atoms with E-state index >= 15 is 0 Å². The van der Waals surface area contributed by atoms with Gasteiger partial charge in [-0.3, -0.25) is 4.79 Å². The maximum absolute atomic E-state index is 12.0. The van der Waals surface area contributed by atoms with Crippen LogP contribution in [0.4, 0.5) is 0 Å². The summed E-state index contributed by atoms with van der Waals surface area (Å²) >= 11 is 5.58. The first-order chi connectivity index (χ1) is 8.50. The molecule has 2 nitrogen and oxygen atoms in total. The normalized spacial score (nSPS) is 10.7. The van der Waals surface area contributed by atoms with Crippen LogP contribution >= 0.6 is 38.5 Å². The summed E-state index contributed by atoms with van der Waals surface area (Å²) in [6.07, 6.45) is 3.45. The van der Waals surface area contributed by atoms with Crippen molar-refractivity contribution in [3.63, 3.8) is 0 Å². The lowest BCUT2D eigenvalue weighted by atomic mass is 10.1. The van der Waals surface area contributed by atoms with Crippen LogP contribution in [-0.4, -0.2) is 12.5 Å². The molecule has 0 spiro atoms. The fourth-order valence-corrected chi connectivity index (χ4v) is 2.59. The van der Waals surface area contributed by atoms with Crippen molar-refractivity contribution in [1.29, 1.82) is 0 Å². The second-order valence-electron chi connectivity index (χ2n) is 4.77. The number of rotatable bonds is 6. The molecule has 0 saturated heterocycles. The van der Waals surface area contributed by atoms with Crippen LogP contribution in [0.15, 0.2) is 22.7 Å². The van der Waals surface area contributed by atoms with E-state index in [1.165, 1.54) is 12.8 Å². The molecule has 100 valence electrons. The number of carbonyl (C=O) groups excluding carboxylic acids is 1. The standard InChI is InChI=1S/C14H19BrINO/c1-10(2)5-3-4-8-17-14(18)12-9-11(15)6-7-13(12)16/h6-7,9-10H,3-5,8H2,1-2H3,(H,17,18). The Morgan fingerprint density at radius 3 is 2.78 bits per heavy atom. The average Bonchev–Trinajstić information content (AvgIpc) is 2.31. The van der Waals surface area contributed by atoms with E-state index in [0.717, 1.165) is 32.5 Å². The maximum atomic E-state index is 12.0. The van der Waals surface area contributed by atoms with Gasteiger partial charge in [0.2, 0.25) is 0 Å². The molecular weight excluding hydrogens is 405 g/mol. The zero-order valence-corrected chi connectivity index (χ0v) is 14.5. The second-order valence-corrected chi connectivity index (χ2v) is 6.85. The summed E-state index contributed by atoms with van der Waals surface area (Å²) in [6, 6.07) is 5.75. The molecule has 0 heterocycles. The smallest absolute Gasteiger partial charge is 0.252 e. The maximum Gasteiger partial charge on any atom is 0.252 e. The van der Waals surface area contributed by atoms with Crippen molar-refractivity contribution in [3.05, 3.63) is 31.8 Å². The van der Waals surface area contributed by atoms with Crippen LogP contribution in [0.2, 0.25) is 0 Å². The molecule has 0 unspecified atom stereocenters. The number of unbranched alkanes of at least 4 members (excludes halogenated alkanes) is 1. The molecule has 0 radical (unpaired) electrons. The Labute approximate surface area is 131 Å². The largest absolute Gasteiger partial charge is 0.352 e. The lowest BCUT2D eigenvalue weighted by molar-refractivity contribution is 0.0952. The number of carbonyl (C=O) groups is 1. The molecule has 4 heteroatoms. The highest BCUT2D eigenvalue weighted by Gasteiger charge is 2.09. The molecule has 1 amide bonds. The summed E-state index contributed by atoms with van der Waals surface area (Å²) in [5, 5.41) is 2.98. The Kier molecular flexibility index (Phi) is 7.22. The van der Waals surface area contributed by atoms with E-state index in [-0.39, 0.29) is 5.91 Å². The van der Waals surface area contributed by atoms with Gasteiger partial charge in [-0.25, -0.2) is 0 Å². The van der Waals surface area contributed by atoms with Crippen molar-refractivity contribution in [2.45, 2.75) is 33.1 Å². The third-order valence-corrected chi connectivity index (χ3v) is 4.10. The van der Waals surface area contributed by atoms with E-state index in [0.29, 0.717) is 0 Å². The fraction of sp³-hybridized carbons (Fsp3) is 0.500. The number of halogens is 2. The molecular formula is C14H19BrINO. The number of nitrogens with one attached hydrogen (secondary N) is 1. The van der Waals surface area contributed by atoms with Gasteiger partial charge >= 0.3 is 0 Å². The summed E-state index contributed by atoms with van der Waals surface area (Å²) in [6.45, 7) is 5.21. The van der Waals surface area contributed by atoms with Crippen LogP contribution in [0.25, 0.3) is 0 Å². The van der Waals surface area contributed by atoms with E-state index < -0.39 is 0 Å². The van der Waals surface area contributed by atoms with Crippen LogP contribution < -0.4 is 5.32 Å². The number of amides is 1. The quantitative estimate of drug-likeness (QED) is 0.525. The van der Waals surface area contributed by atoms with E-state index in [1.807, 2.05) is 18.2 Å². The van der Waals surface area contributed by atoms with E-state index in [1.54, 1.807) is 0 Å². The number of hydrogen-bond donors (Lipinski definition) is 1. The summed E-state index contributed by atoms with van der Waals surface area (Å²) in [5.41, 5.74) is 0.744. The minimum absolute atomic E-state index is 0.0187. The Morgan fingerprint density at radius 2 is 2.11 bits per heavy atom. The molecule has 0 aliphatic heterocycles. The molecule has 1 aromatic rings. The van der Waals surface area contributed by atoms with E-state index in [9.17, 15) is 4.79 Å². The topological polar surface area (TPSA) is 29.1 Å². The average molecular weight is 424 g/mol. The molecule has 0 fully saturated rings.